The molecule has 0 aliphatic carbocycles. The van der Waals surface area contributed by atoms with Gasteiger partial charge in [-0.3, -0.25) is 4.99 Å². The Kier molecular flexibility index (Phi) is 14.5. The number of rotatable bonds is 10. The molecule has 2 saturated heterocycles. The highest BCUT2D eigenvalue weighted by atomic mass is 127. The van der Waals surface area contributed by atoms with Crippen LogP contribution in [0.3, 0.4) is 0 Å². The van der Waals surface area contributed by atoms with Gasteiger partial charge < -0.3 is 25.3 Å². The van der Waals surface area contributed by atoms with E-state index < -0.39 is 0 Å². The molecular weight excluding hydrogens is 463 g/mol. The van der Waals surface area contributed by atoms with Crippen LogP contribution in [0.5, 0.6) is 0 Å². The van der Waals surface area contributed by atoms with Crippen molar-refractivity contribution in [3.8, 4) is 0 Å². The molecule has 0 saturated carbocycles. The highest BCUT2D eigenvalue weighted by Crippen LogP contribution is 2.10. The van der Waals surface area contributed by atoms with Gasteiger partial charge in [-0.15, -0.1) is 24.0 Å². The SMILES string of the molecule is CCCN1CCC(NC(=NCCCCN2CCN(CC)CC2)NCC)CC1.I. The minimum atomic E-state index is 0. The summed E-state index contributed by atoms with van der Waals surface area (Å²) in [5.41, 5.74) is 0. The van der Waals surface area contributed by atoms with Crippen molar-refractivity contribution in [2.75, 3.05) is 72.0 Å². The summed E-state index contributed by atoms with van der Waals surface area (Å²) in [5.74, 6) is 1.02. The number of guanidine groups is 1. The minimum absolute atomic E-state index is 0. The molecule has 2 N–H and O–H groups in total. The van der Waals surface area contributed by atoms with E-state index in [1.165, 1.54) is 91.0 Å². The van der Waals surface area contributed by atoms with Gasteiger partial charge in [0.25, 0.3) is 0 Å². The van der Waals surface area contributed by atoms with Crippen LogP contribution in [0.1, 0.15) is 52.9 Å². The van der Waals surface area contributed by atoms with E-state index in [2.05, 4.69) is 46.1 Å². The van der Waals surface area contributed by atoms with Gasteiger partial charge >= 0.3 is 0 Å². The Bertz CT molecular complexity index is 404. The van der Waals surface area contributed by atoms with Crippen molar-refractivity contribution in [2.24, 2.45) is 4.99 Å². The van der Waals surface area contributed by atoms with Crippen LogP contribution >= 0.6 is 24.0 Å². The summed E-state index contributed by atoms with van der Waals surface area (Å²) >= 11 is 0. The van der Waals surface area contributed by atoms with Crippen molar-refractivity contribution < 1.29 is 0 Å². The van der Waals surface area contributed by atoms with E-state index in [0.717, 1.165) is 19.0 Å². The molecule has 2 heterocycles. The highest BCUT2D eigenvalue weighted by molar-refractivity contribution is 14.0. The van der Waals surface area contributed by atoms with E-state index >= 15 is 0 Å². The van der Waals surface area contributed by atoms with Crippen molar-refractivity contribution in [3.63, 3.8) is 0 Å². The molecule has 0 aromatic carbocycles. The summed E-state index contributed by atoms with van der Waals surface area (Å²) < 4.78 is 0. The summed E-state index contributed by atoms with van der Waals surface area (Å²) in [6.45, 7) is 19.6. The van der Waals surface area contributed by atoms with E-state index in [1.54, 1.807) is 0 Å². The topological polar surface area (TPSA) is 46.1 Å². The van der Waals surface area contributed by atoms with E-state index in [1.807, 2.05) is 0 Å². The number of nitrogens with zero attached hydrogens (tertiary/aromatic N) is 4. The third kappa shape index (κ3) is 10.1. The summed E-state index contributed by atoms with van der Waals surface area (Å²) in [6, 6.07) is 0.575. The maximum atomic E-state index is 4.82. The molecule has 2 aliphatic rings. The van der Waals surface area contributed by atoms with Crippen LogP contribution in [0.4, 0.5) is 0 Å². The fourth-order valence-corrected chi connectivity index (χ4v) is 4.10. The van der Waals surface area contributed by atoms with Crippen LogP contribution in [0, 0.1) is 0 Å². The zero-order chi connectivity index (χ0) is 19.3. The minimum Gasteiger partial charge on any atom is -0.357 e. The molecule has 7 heteroatoms. The molecule has 0 bridgehead atoms. The quantitative estimate of drug-likeness (QED) is 0.206. The fraction of sp³-hybridized carbons (Fsp3) is 0.952. The Morgan fingerprint density at radius 3 is 2.11 bits per heavy atom. The van der Waals surface area contributed by atoms with E-state index in [9.17, 15) is 0 Å². The zero-order valence-corrected chi connectivity index (χ0v) is 20.9. The zero-order valence-electron chi connectivity index (χ0n) is 18.6. The number of nitrogens with one attached hydrogen (secondary N) is 2. The van der Waals surface area contributed by atoms with E-state index in [0.29, 0.717) is 6.04 Å². The maximum Gasteiger partial charge on any atom is 0.191 e. The number of piperazine rings is 1. The molecule has 2 aliphatic heterocycles. The Morgan fingerprint density at radius 1 is 0.857 bits per heavy atom. The fourth-order valence-electron chi connectivity index (χ4n) is 4.10. The lowest BCUT2D eigenvalue weighted by atomic mass is 10.1. The average molecular weight is 509 g/mol. The van der Waals surface area contributed by atoms with Crippen molar-refractivity contribution in [3.05, 3.63) is 0 Å². The molecule has 0 radical (unpaired) electrons. The van der Waals surface area contributed by atoms with Crippen LogP contribution in [0.25, 0.3) is 0 Å². The molecule has 0 spiro atoms. The number of halogens is 1. The molecule has 2 fully saturated rings. The number of hydrogen-bond donors (Lipinski definition) is 2. The van der Waals surface area contributed by atoms with Crippen molar-refractivity contribution in [1.82, 2.24) is 25.3 Å². The second-order valence-electron chi connectivity index (χ2n) is 8.00. The number of unbranched alkanes of at least 4 members (excludes halogenated alkanes) is 1. The lowest BCUT2D eigenvalue weighted by Crippen LogP contribution is -2.48. The molecule has 0 aromatic heterocycles. The second-order valence-corrected chi connectivity index (χ2v) is 8.00. The second kappa shape index (κ2) is 15.7. The van der Waals surface area contributed by atoms with Gasteiger partial charge in [0.05, 0.1) is 0 Å². The predicted octanol–water partition coefficient (Wildman–Crippen LogP) is 2.45. The maximum absolute atomic E-state index is 4.82. The smallest absolute Gasteiger partial charge is 0.191 e. The summed E-state index contributed by atoms with van der Waals surface area (Å²) in [6.07, 6.45) is 6.16. The van der Waals surface area contributed by atoms with Gasteiger partial charge in [0.15, 0.2) is 5.96 Å². The molecule has 0 aromatic rings. The summed E-state index contributed by atoms with van der Waals surface area (Å²) in [7, 11) is 0. The lowest BCUT2D eigenvalue weighted by molar-refractivity contribution is 0.136. The van der Waals surface area contributed by atoms with Gasteiger partial charge in [-0.1, -0.05) is 13.8 Å². The molecular formula is C21H45IN6. The third-order valence-corrected chi connectivity index (χ3v) is 5.88. The van der Waals surface area contributed by atoms with Crippen LogP contribution < -0.4 is 10.6 Å². The third-order valence-electron chi connectivity index (χ3n) is 5.88. The molecule has 166 valence electrons. The lowest BCUT2D eigenvalue weighted by Gasteiger charge is -2.34. The van der Waals surface area contributed by atoms with Crippen LogP contribution in [-0.4, -0.2) is 98.7 Å². The van der Waals surface area contributed by atoms with E-state index in [4.69, 9.17) is 4.99 Å². The Balaban J connectivity index is 0.00000392. The number of likely N-dealkylation sites (N-methyl/N-ethyl adjacent to an activating group) is 1. The van der Waals surface area contributed by atoms with Gasteiger partial charge in [-0.05, 0) is 58.7 Å². The molecule has 2 rings (SSSR count). The Labute approximate surface area is 190 Å². The van der Waals surface area contributed by atoms with Crippen molar-refractivity contribution >= 4 is 29.9 Å². The molecule has 28 heavy (non-hydrogen) atoms. The van der Waals surface area contributed by atoms with Crippen molar-refractivity contribution in [1.29, 1.82) is 0 Å². The van der Waals surface area contributed by atoms with Gasteiger partial charge in [0.1, 0.15) is 0 Å². The standard InChI is InChI=1S/C21H44N6.HI/c1-4-12-26-14-9-20(10-15-26)24-21(22-5-2)23-11-7-8-13-27-18-16-25(6-3)17-19-27;/h20H,4-19H2,1-3H3,(H2,22,23,24);1H. The first-order valence-electron chi connectivity index (χ1n) is 11.5. The molecule has 0 atom stereocenters. The summed E-state index contributed by atoms with van der Waals surface area (Å²) in [4.78, 5) is 12.6. The first-order chi connectivity index (χ1) is 13.2. The molecule has 6 nitrogen and oxygen atoms in total. The van der Waals surface area contributed by atoms with Gasteiger partial charge in [0, 0.05) is 58.4 Å². The predicted molar refractivity (Wildman–Crippen MR) is 132 cm³/mol. The summed E-state index contributed by atoms with van der Waals surface area (Å²) in [5, 5.41) is 7.09. The highest BCUT2D eigenvalue weighted by Gasteiger charge is 2.19. The molecule has 0 unspecified atom stereocenters. The first kappa shape index (κ1) is 25.9. The normalized spacial score (nSPS) is 20.8. The van der Waals surface area contributed by atoms with Gasteiger partial charge in [0.2, 0.25) is 0 Å². The number of likely N-dealkylation sites (tertiary alicyclic amines) is 1. The number of aliphatic imine (C=N–C) groups is 1. The Hall–Kier alpha value is -0.120. The number of piperidine rings is 1. The number of hydrogen-bond acceptors (Lipinski definition) is 4. The van der Waals surface area contributed by atoms with Crippen LogP contribution in [-0.2, 0) is 0 Å². The molecule has 0 amide bonds. The van der Waals surface area contributed by atoms with Crippen LogP contribution in [0.15, 0.2) is 4.99 Å². The Morgan fingerprint density at radius 2 is 1.50 bits per heavy atom. The van der Waals surface area contributed by atoms with Crippen LogP contribution in [0.2, 0.25) is 0 Å². The van der Waals surface area contributed by atoms with Gasteiger partial charge in [-0.2, -0.15) is 0 Å². The van der Waals surface area contributed by atoms with Crippen molar-refractivity contribution in [2.45, 2.75) is 58.9 Å². The van der Waals surface area contributed by atoms with Gasteiger partial charge in [-0.25, -0.2) is 0 Å². The first-order valence-corrected chi connectivity index (χ1v) is 11.5. The monoisotopic (exact) mass is 508 g/mol. The average Bonchev–Trinajstić information content (AvgIpc) is 2.70. The largest absolute Gasteiger partial charge is 0.357 e. The van der Waals surface area contributed by atoms with E-state index in [-0.39, 0.29) is 24.0 Å².